The molecule has 1 aromatic rings. The Balaban J connectivity index is 1.57. The van der Waals surface area contributed by atoms with Crippen molar-refractivity contribution < 1.29 is 65.1 Å². The largest absolute Gasteiger partial charge is 0.499 e. The van der Waals surface area contributed by atoms with Gasteiger partial charge in [-0.3, -0.25) is 19.3 Å². The Morgan fingerprint density at radius 3 is 1.56 bits per heavy atom. The molecule has 1 heterocycles. The summed E-state index contributed by atoms with van der Waals surface area (Å²) >= 11 is 0. The van der Waals surface area contributed by atoms with Gasteiger partial charge >= 0.3 is 0 Å². The van der Waals surface area contributed by atoms with Crippen LogP contribution in [-0.2, 0) is 25.5 Å². The number of methoxy groups -OCH3 is 1. The van der Waals surface area contributed by atoms with Crippen molar-refractivity contribution in [2.24, 2.45) is 11.8 Å². The molecule has 2 rings (SSSR count). The third-order valence-electron chi connectivity index (χ3n) is 11.8. The molecule has 0 fully saturated rings. The molecule has 10 N–H and O–H groups in total. The first-order valence-corrected chi connectivity index (χ1v) is 23.0. The van der Waals surface area contributed by atoms with E-state index in [1.807, 2.05) is 37.3 Å². The van der Waals surface area contributed by atoms with Crippen LogP contribution in [0.4, 0.5) is 0 Å². The number of hydrogen-bond acceptors (Lipinski definition) is 13. The zero-order valence-corrected chi connectivity index (χ0v) is 38.1. The van der Waals surface area contributed by atoms with Crippen molar-refractivity contribution >= 4 is 18.2 Å². The number of ether oxygens (including phenoxy) is 1. The summed E-state index contributed by atoms with van der Waals surface area (Å²) < 4.78 is 5.46. The van der Waals surface area contributed by atoms with Gasteiger partial charge in [0.2, 0.25) is 6.41 Å². The second-order valence-electron chi connectivity index (χ2n) is 18.3. The van der Waals surface area contributed by atoms with Crippen LogP contribution in [-0.4, -0.2) is 144 Å². The third kappa shape index (κ3) is 24.0. The first-order chi connectivity index (χ1) is 29.9. The Morgan fingerprint density at radius 1 is 0.667 bits per heavy atom. The summed E-state index contributed by atoms with van der Waals surface area (Å²) in [6.07, 6.45) is 2.57. The van der Waals surface area contributed by atoms with Crippen LogP contribution >= 0.6 is 0 Å². The second-order valence-corrected chi connectivity index (χ2v) is 18.3. The summed E-state index contributed by atoms with van der Waals surface area (Å²) in [6.45, 7) is 6.16. The highest BCUT2D eigenvalue weighted by molar-refractivity contribution is 6.08. The lowest BCUT2D eigenvalue weighted by Gasteiger charge is -2.24. The van der Waals surface area contributed by atoms with Gasteiger partial charge in [0.15, 0.2) is 0 Å². The van der Waals surface area contributed by atoms with Crippen LogP contribution in [0.2, 0.25) is 0 Å². The Hall–Kier alpha value is -3.25. The summed E-state index contributed by atoms with van der Waals surface area (Å²) in [5.41, 5.74) is 1.96. The van der Waals surface area contributed by atoms with Gasteiger partial charge in [0.1, 0.15) is 11.8 Å². The van der Waals surface area contributed by atoms with E-state index in [0.717, 1.165) is 62.5 Å². The number of amides is 3. The summed E-state index contributed by atoms with van der Waals surface area (Å²) in [7, 11) is 1.52. The van der Waals surface area contributed by atoms with Gasteiger partial charge in [0.05, 0.1) is 62.0 Å². The van der Waals surface area contributed by atoms with Crippen LogP contribution in [0.1, 0.15) is 135 Å². The highest BCUT2D eigenvalue weighted by Crippen LogP contribution is 2.27. The van der Waals surface area contributed by atoms with Crippen molar-refractivity contribution in [3.05, 3.63) is 59.4 Å². The fourth-order valence-electron chi connectivity index (χ4n) is 8.69. The van der Waals surface area contributed by atoms with Gasteiger partial charge in [-0.2, -0.15) is 0 Å². The lowest BCUT2D eigenvalue weighted by atomic mass is 9.92. The predicted molar refractivity (Wildman–Crippen MR) is 240 cm³/mol. The third-order valence-corrected chi connectivity index (χ3v) is 11.8. The fourth-order valence-corrected chi connectivity index (χ4v) is 8.69. The number of unbranched alkanes of at least 4 members (excludes halogenated alkanes) is 4. The number of benzene rings is 1. The fraction of sp³-hybridized carbons (Fsp3) is 0.729. The van der Waals surface area contributed by atoms with Crippen LogP contribution in [0.15, 0.2) is 53.8 Å². The lowest BCUT2D eigenvalue weighted by molar-refractivity contribution is -0.139. The summed E-state index contributed by atoms with van der Waals surface area (Å²) in [4.78, 5) is 37.7. The molecule has 0 saturated heterocycles. The van der Waals surface area contributed by atoms with Gasteiger partial charge in [-0.25, -0.2) is 0 Å². The predicted octanol–water partition coefficient (Wildman–Crippen LogP) is 3.34. The number of allylic oxidation sites excluding steroid dienone is 1. The van der Waals surface area contributed by atoms with E-state index < -0.39 is 61.0 Å². The van der Waals surface area contributed by atoms with Crippen LogP contribution in [0, 0.1) is 11.8 Å². The maximum atomic E-state index is 13.3. The molecule has 0 bridgehead atoms. The quantitative estimate of drug-likeness (QED) is 0.0267. The van der Waals surface area contributed by atoms with E-state index in [-0.39, 0.29) is 75.6 Å². The topological polar surface area (TPSA) is 258 Å². The standard InChI is InChI=1S/C48H80N2O13/c1-32(17-34(3)19-47(61)50-45(46(63-4)29-48(50)62)20-35-15-11-8-12-16-35)13-9-6-5-7-10-14-33(2)18-36(52)21-37(53)22-38(54)23-39(55)24-40(56)25-41(57)26-42(58)27-43(59)28-44(60)30-49-31-51/h8,11-12,15-16,19,29,31-33,36-45,52-60H,5-7,9-10,13-14,17-18,20-28,30H2,1-4H3,(H,49,51). The summed E-state index contributed by atoms with van der Waals surface area (Å²) in [6, 6.07) is 9.26. The molecule has 1 aromatic carbocycles. The van der Waals surface area contributed by atoms with Gasteiger partial charge in [0, 0.05) is 31.5 Å². The number of imide groups is 1. The van der Waals surface area contributed by atoms with Crippen molar-refractivity contribution in [3.8, 4) is 0 Å². The van der Waals surface area contributed by atoms with Crippen LogP contribution in [0.5, 0.6) is 0 Å². The molecule has 1 aliphatic rings. The number of aliphatic hydroxyl groups excluding tert-OH is 9. The van der Waals surface area contributed by atoms with Crippen LogP contribution in [0.3, 0.4) is 0 Å². The Kier molecular flexibility index (Phi) is 27.3. The molecule has 63 heavy (non-hydrogen) atoms. The minimum Gasteiger partial charge on any atom is -0.499 e. The second kappa shape index (κ2) is 30.8. The minimum atomic E-state index is -1.13. The molecule has 0 aromatic heterocycles. The van der Waals surface area contributed by atoms with E-state index >= 15 is 0 Å². The van der Waals surface area contributed by atoms with E-state index in [9.17, 15) is 60.3 Å². The minimum absolute atomic E-state index is 0.0412. The Morgan fingerprint density at radius 2 is 1.10 bits per heavy atom. The molecule has 15 nitrogen and oxygen atoms in total. The molecule has 0 aliphatic carbocycles. The molecule has 3 amide bonds. The van der Waals surface area contributed by atoms with Gasteiger partial charge in [-0.05, 0) is 82.1 Å². The molecule has 12 atom stereocenters. The molecular weight excluding hydrogens is 813 g/mol. The first-order valence-electron chi connectivity index (χ1n) is 23.0. The van der Waals surface area contributed by atoms with Crippen LogP contribution in [0.25, 0.3) is 0 Å². The number of carbonyl (C=O) groups is 3. The highest BCUT2D eigenvalue weighted by atomic mass is 16.5. The Labute approximate surface area is 374 Å². The average Bonchev–Trinajstić information content (AvgIpc) is 3.50. The number of hydrogen-bond donors (Lipinski definition) is 10. The van der Waals surface area contributed by atoms with Crippen molar-refractivity contribution in [1.29, 1.82) is 0 Å². The number of carbonyl (C=O) groups excluding carboxylic acids is 3. The van der Waals surface area contributed by atoms with Crippen LogP contribution < -0.4 is 5.32 Å². The maximum absolute atomic E-state index is 13.3. The van der Waals surface area contributed by atoms with Crippen molar-refractivity contribution in [1.82, 2.24) is 10.2 Å². The highest BCUT2D eigenvalue weighted by Gasteiger charge is 2.37. The molecule has 12 unspecified atom stereocenters. The smallest absolute Gasteiger partial charge is 0.257 e. The summed E-state index contributed by atoms with van der Waals surface area (Å²) in [5, 5.41) is 94.8. The van der Waals surface area contributed by atoms with Gasteiger partial charge in [-0.1, -0.05) is 94.7 Å². The normalized spacial score (nSPS) is 19.9. The summed E-state index contributed by atoms with van der Waals surface area (Å²) in [5.74, 6) is 0.459. The molecular formula is C48H80N2O13. The first kappa shape index (κ1) is 55.9. The number of nitrogens with zero attached hydrogens (tertiary/aromatic N) is 1. The zero-order valence-electron chi connectivity index (χ0n) is 38.1. The van der Waals surface area contributed by atoms with E-state index in [2.05, 4.69) is 19.2 Å². The lowest BCUT2D eigenvalue weighted by Crippen LogP contribution is -2.41. The number of nitrogens with one attached hydrogen (secondary N) is 1. The van der Waals surface area contributed by atoms with Gasteiger partial charge in [0.25, 0.3) is 11.8 Å². The Bertz CT molecular complexity index is 1500. The number of rotatable bonds is 35. The zero-order chi connectivity index (χ0) is 46.9. The average molecular weight is 893 g/mol. The van der Waals surface area contributed by atoms with E-state index in [0.29, 0.717) is 30.9 Å². The SMILES string of the molecule is COC1=CC(=O)N(C(=O)C=C(C)CC(C)CCCCCCCC(C)CC(O)CC(O)CC(O)CC(O)CC(O)CC(O)CC(O)CC(O)CC(O)CNC=O)C1Cc1ccccc1. The van der Waals surface area contributed by atoms with Gasteiger partial charge in [-0.15, -0.1) is 0 Å². The molecule has 1 aliphatic heterocycles. The van der Waals surface area contributed by atoms with Crippen molar-refractivity contribution in [3.63, 3.8) is 0 Å². The maximum Gasteiger partial charge on any atom is 0.257 e. The molecule has 0 radical (unpaired) electrons. The number of aliphatic hydroxyl groups is 9. The van der Waals surface area contributed by atoms with Gasteiger partial charge < -0.3 is 56.0 Å². The molecule has 15 heteroatoms. The molecule has 0 spiro atoms. The van der Waals surface area contributed by atoms with E-state index in [1.165, 1.54) is 18.1 Å². The van der Waals surface area contributed by atoms with Crippen molar-refractivity contribution in [2.75, 3.05) is 13.7 Å². The molecule has 360 valence electrons. The van der Waals surface area contributed by atoms with Crippen molar-refractivity contribution in [2.45, 2.75) is 197 Å². The van der Waals surface area contributed by atoms with E-state index in [1.54, 1.807) is 6.08 Å². The molecule has 0 saturated carbocycles. The monoisotopic (exact) mass is 893 g/mol. The van der Waals surface area contributed by atoms with E-state index in [4.69, 9.17) is 4.74 Å².